The third-order valence-corrected chi connectivity index (χ3v) is 3.86. The van der Waals surface area contributed by atoms with E-state index in [1.165, 1.54) is 6.21 Å². The van der Waals surface area contributed by atoms with E-state index in [-0.39, 0.29) is 0 Å². The number of rotatable bonds is 7. The summed E-state index contributed by atoms with van der Waals surface area (Å²) in [4.78, 5) is 11.9. The van der Waals surface area contributed by atoms with Crippen LogP contribution in [0.25, 0.3) is 0 Å². The molecule has 0 saturated heterocycles. The van der Waals surface area contributed by atoms with Crippen LogP contribution < -0.4 is 20.2 Å². The smallest absolute Gasteiger partial charge is 0.339 e. The van der Waals surface area contributed by atoms with Gasteiger partial charge in [-0.2, -0.15) is 5.10 Å². The van der Waals surface area contributed by atoms with Crippen molar-refractivity contribution in [3.8, 4) is 11.5 Å². The number of hydrogen-bond donors (Lipinski definition) is 2. The van der Waals surface area contributed by atoms with E-state index in [4.69, 9.17) is 9.47 Å². The van der Waals surface area contributed by atoms with Crippen molar-refractivity contribution < 1.29 is 14.3 Å². The summed E-state index contributed by atoms with van der Waals surface area (Å²) in [5.74, 6) is 1.15. The van der Waals surface area contributed by atoms with Crippen molar-refractivity contribution in [2.75, 3.05) is 12.4 Å². The highest BCUT2D eigenvalue weighted by atomic mass is 16.5. The number of nitrogens with one attached hydrogen (secondary N) is 2. The number of amides is 2. The summed E-state index contributed by atoms with van der Waals surface area (Å²) in [6, 6.07) is 24.0. The first-order valence-electron chi connectivity index (χ1n) is 8.75. The molecule has 0 heterocycles. The third-order valence-electron chi connectivity index (χ3n) is 3.86. The fourth-order valence-electron chi connectivity index (χ4n) is 2.52. The van der Waals surface area contributed by atoms with E-state index in [0.717, 1.165) is 5.56 Å². The van der Waals surface area contributed by atoms with E-state index < -0.39 is 6.03 Å². The molecule has 0 unspecified atom stereocenters. The molecule has 3 rings (SSSR count). The summed E-state index contributed by atoms with van der Waals surface area (Å²) in [6.45, 7) is 0.393. The van der Waals surface area contributed by atoms with Crippen LogP contribution in [0.3, 0.4) is 0 Å². The molecule has 0 aromatic heterocycles. The van der Waals surface area contributed by atoms with Crippen molar-refractivity contribution in [1.82, 2.24) is 5.43 Å². The Labute approximate surface area is 163 Å². The van der Waals surface area contributed by atoms with Gasteiger partial charge in [-0.05, 0) is 29.8 Å². The molecule has 0 bridgehead atoms. The Morgan fingerprint density at radius 2 is 1.68 bits per heavy atom. The lowest BCUT2D eigenvalue weighted by atomic mass is 10.2. The van der Waals surface area contributed by atoms with Crippen LogP contribution in [0, 0.1) is 0 Å². The van der Waals surface area contributed by atoms with Crippen LogP contribution in [-0.2, 0) is 6.61 Å². The van der Waals surface area contributed by atoms with Crippen molar-refractivity contribution in [3.05, 3.63) is 90.0 Å². The molecule has 0 aliphatic heterocycles. The van der Waals surface area contributed by atoms with Crippen LogP contribution in [0.1, 0.15) is 11.1 Å². The molecule has 6 heteroatoms. The summed E-state index contributed by atoms with van der Waals surface area (Å²) in [5.41, 5.74) is 4.85. The minimum atomic E-state index is -0.433. The highest BCUT2D eigenvalue weighted by Gasteiger charge is 2.10. The van der Waals surface area contributed by atoms with Crippen LogP contribution in [-0.4, -0.2) is 19.4 Å². The van der Waals surface area contributed by atoms with Crippen LogP contribution in [0.2, 0.25) is 0 Å². The number of urea groups is 1. The van der Waals surface area contributed by atoms with Gasteiger partial charge >= 0.3 is 6.03 Å². The summed E-state index contributed by atoms with van der Waals surface area (Å²) < 4.78 is 11.3. The number of hydrogen-bond acceptors (Lipinski definition) is 4. The predicted molar refractivity (Wildman–Crippen MR) is 110 cm³/mol. The van der Waals surface area contributed by atoms with E-state index in [2.05, 4.69) is 15.8 Å². The maximum Gasteiger partial charge on any atom is 0.339 e. The van der Waals surface area contributed by atoms with Crippen molar-refractivity contribution in [2.24, 2.45) is 5.10 Å². The molecule has 0 saturated carbocycles. The first-order valence-corrected chi connectivity index (χ1v) is 8.75. The maximum absolute atomic E-state index is 11.9. The second kappa shape index (κ2) is 9.78. The molecule has 0 aliphatic carbocycles. The van der Waals surface area contributed by atoms with Crippen LogP contribution >= 0.6 is 0 Å². The van der Waals surface area contributed by atoms with E-state index >= 15 is 0 Å². The van der Waals surface area contributed by atoms with Gasteiger partial charge in [0, 0.05) is 11.3 Å². The van der Waals surface area contributed by atoms with Gasteiger partial charge < -0.3 is 14.8 Å². The van der Waals surface area contributed by atoms with Gasteiger partial charge in [0.1, 0.15) is 6.61 Å². The molecule has 6 nitrogen and oxygen atoms in total. The molecular formula is C22H21N3O3. The van der Waals surface area contributed by atoms with E-state index in [1.54, 1.807) is 19.2 Å². The molecule has 0 aliphatic rings. The zero-order valence-electron chi connectivity index (χ0n) is 15.5. The van der Waals surface area contributed by atoms with Crippen molar-refractivity contribution in [3.63, 3.8) is 0 Å². The molecule has 28 heavy (non-hydrogen) atoms. The molecule has 142 valence electrons. The average molecular weight is 375 g/mol. The molecule has 0 spiro atoms. The molecule has 0 fully saturated rings. The number of para-hydroxylation sites is 2. The predicted octanol–water partition coefficient (Wildman–Crippen LogP) is 4.43. The number of ether oxygens (including phenoxy) is 2. The molecule has 2 amide bonds. The number of hydrazone groups is 1. The third kappa shape index (κ3) is 5.35. The Hall–Kier alpha value is -3.80. The lowest BCUT2D eigenvalue weighted by Gasteiger charge is -2.13. The van der Waals surface area contributed by atoms with Gasteiger partial charge in [-0.3, -0.25) is 0 Å². The molecule has 0 atom stereocenters. The van der Waals surface area contributed by atoms with Crippen LogP contribution in [0.5, 0.6) is 11.5 Å². The number of carbonyl (C=O) groups is 1. The summed E-state index contributed by atoms with van der Waals surface area (Å²) >= 11 is 0. The topological polar surface area (TPSA) is 72.0 Å². The first-order chi connectivity index (χ1) is 13.8. The van der Waals surface area contributed by atoms with Crippen molar-refractivity contribution in [2.45, 2.75) is 6.61 Å². The Balaban J connectivity index is 1.67. The lowest BCUT2D eigenvalue weighted by Crippen LogP contribution is -2.24. The van der Waals surface area contributed by atoms with Gasteiger partial charge in [0.15, 0.2) is 11.5 Å². The monoisotopic (exact) mass is 375 g/mol. The quantitative estimate of drug-likeness (QED) is 0.474. The Kier molecular flexibility index (Phi) is 6.62. The largest absolute Gasteiger partial charge is 0.493 e. The zero-order valence-corrected chi connectivity index (χ0v) is 15.5. The Morgan fingerprint density at radius 1 is 0.964 bits per heavy atom. The average Bonchev–Trinajstić information content (AvgIpc) is 2.74. The highest BCUT2D eigenvalue weighted by molar-refractivity contribution is 5.91. The van der Waals surface area contributed by atoms with E-state index in [0.29, 0.717) is 29.4 Å². The van der Waals surface area contributed by atoms with Gasteiger partial charge in [0.2, 0.25) is 0 Å². The maximum atomic E-state index is 11.9. The van der Waals surface area contributed by atoms with Gasteiger partial charge in [-0.15, -0.1) is 0 Å². The lowest BCUT2D eigenvalue weighted by molar-refractivity contribution is 0.252. The SMILES string of the molecule is COc1cccc(/C=N/NC(=O)Nc2ccccc2)c1OCc1ccccc1. The standard InChI is InChI=1S/C22H21N3O3/c1-27-20-14-8-11-18(21(20)28-16-17-9-4-2-5-10-17)15-23-25-22(26)24-19-12-6-3-7-13-19/h2-15H,16H2,1H3,(H2,24,25,26)/b23-15+. The number of anilines is 1. The van der Waals surface area contributed by atoms with Crippen molar-refractivity contribution in [1.29, 1.82) is 0 Å². The Bertz CT molecular complexity index is 928. The van der Waals surface area contributed by atoms with Gasteiger partial charge in [-0.1, -0.05) is 54.6 Å². The second-order valence-corrected chi connectivity index (χ2v) is 5.84. The molecule has 3 aromatic rings. The fourth-order valence-corrected chi connectivity index (χ4v) is 2.52. The second-order valence-electron chi connectivity index (χ2n) is 5.84. The fraction of sp³-hybridized carbons (Fsp3) is 0.0909. The normalized spacial score (nSPS) is 10.5. The number of benzene rings is 3. The van der Waals surface area contributed by atoms with Crippen LogP contribution in [0.4, 0.5) is 10.5 Å². The minimum Gasteiger partial charge on any atom is -0.493 e. The molecule has 2 N–H and O–H groups in total. The molecule has 3 aromatic carbocycles. The van der Waals surface area contributed by atoms with Gasteiger partial charge in [0.25, 0.3) is 0 Å². The number of carbonyl (C=O) groups excluding carboxylic acids is 1. The molecular weight excluding hydrogens is 354 g/mol. The number of nitrogens with zero attached hydrogens (tertiary/aromatic N) is 1. The van der Waals surface area contributed by atoms with Crippen LogP contribution in [0.15, 0.2) is 84.0 Å². The van der Waals surface area contributed by atoms with E-state index in [9.17, 15) is 4.79 Å². The Morgan fingerprint density at radius 3 is 2.39 bits per heavy atom. The van der Waals surface area contributed by atoms with Gasteiger partial charge in [0.05, 0.1) is 13.3 Å². The van der Waals surface area contributed by atoms with Gasteiger partial charge in [-0.25, -0.2) is 10.2 Å². The summed E-state index contributed by atoms with van der Waals surface area (Å²) in [6.07, 6.45) is 1.52. The first kappa shape index (κ1) is 19.0. The summed E-state index contributed by atoms with van der Waals surface area (Å²) in [7, 11) is 1.58. The molecule has 0 radical (unpaired) electrons. The number of methoxy groups -OCH3 is 1. The van der Waals surface area contributed by atoms with Crippen molar-refractivity contribution >= 4 is 17.9 Å². The van der Waals surface area contributed by atoms with E-state index in [1.807, 2.05) is 66.7 Å². The summed E-state index contributed by atoms with van der Waals surface area (Å²) in [5, 5.41) is 6.70. The zero-order chi connectivity index (χ0) is 19.6. The highest BCUT2D eigenvalue weighted by Crippen LogP contribution is 2.30. The minimum absolute atomic E-state index is 0.393.